The lowest BCUT2D eigenvalue weighted by Crippen LogP contribution is -2.29. The summed E-state index contributed by atoms with van der Waals surface area (Å²) in [5, 5.41) is 8.57. The Morgan fingerprint density at radius 1 is 1.00 bits per heavy atom. The van der Waals surface area contributed by atoms with E-state index in [1.165, 1.54) is 18.5 Å². The molecular weight excluding hydrogens is 521 g/mol. The van der Waals surface area contributed by atoms with E-state index in [4.69, 9.17) is 5.73 Å². The van der Waals surface area contributed by atoms with E-state index in [0.29, 0.717) is 34.8 Å². The van der Waals surface area contributed by atoms with Gasteiger partial charge in [0.1, 0.15) is 23.5 Å². The van der Waals surface area contributed by atoms with Gasteiger partial charge in [-0.05, 0) is 74.9 Å². The van der Waals surface area contributed by atoms with Crippen molar-refractivity contribution in [1.82, 2.24) is 19.5 Å². The van der Waals surface area contributed by atoms with Gasteiger partial charge in [-0.15, -0.1) is 0 Å². The predicted molar refractivity (Wildman–Crippen MR) is 136 cm³/mol. The van der Waals surface area contributed by atoms with Gasteiger partial charge in [-0.25, -0.2) is 23.1 Å². The molecule has 0 bridgehead atoms. The first kappa shape index (κ1) is 26.4. The number of fused-ring (bicyclic) bond motifs is 1. The number of hydrogen-bond acceptors (Lipinski definition) is 5. The number of rotatable bonds is 4. The van der Waals surface area contributed by atoms with E-state index in [2.05, 4.69) is 27.3 Å². The number of carbonyl (C=O) groups excluding carboxylic acids is 1. The van der Waals surface area contributed by atoms with Gasteiger partial charge in [-0.2, -0.15) is 18.3 Å². The number of nitrogens with two attached hydrogens (primary N) is 1. The summed E-state index contributed by atoms with van der Waals surface area (Å²) in [6.45, 7) is 1.85. The standard InChI is InChI=1S/C26H24F5N7O/c1-37-8-6-14(7-9-37)22-12-17(23-24(32)33-13-34-38(22)23)15-2-5-20(19(28)10-15)35-25(39)36-21-11-16(26(29,30)31)3-4-18(21)27/h2-5,10-14H,6-9H2,1H3,(H2,32,33,34)(H2,35,36,39). The molecule has 2 aromatic carbocycles. The molecule has 4 N–H and O–H groups in total. The number of carbonyl (C=O) groups is 1. The summed E-state index contributed by atoms with van der Waals surface area (Å²) in [7, 11) is 2.06. The van der Waals surface area contributed by atoms with Crippen LogP contribution in [-0.4, -0.2) is 45.7 Å². The Hall–Kier alpha value is -4.26. The largest absolute Gasteiger partial charge is 0.416 e. The number of hydrogen-bond donors (Lipinski definition) is 3. The van der Waals surface area contributed by atoms with Gasteiger partial charge in [0.25, 0.3) is 0 Å². The molecule has 0 saturated carbocycles. The molecule has 2 amide bonds. The fraction of sp³-hybridized carbons (Fsp3) is 0.269. The molecule has 1 fully saturated rings. The second-order valence-corrected chi connectivity index (χ2v) is 9.43. The molecule has 1 saturated heterocycles. The number of urea groups is 1. The molecule has 1 aliphatic heterocycles. The van der Waals surface area contributed by atoms with Crippen molar-refractivity contribution < 1.29 is 26.7 Å². The van der Waals surface area contributed by atoms with Crippen LogP contribution in [0.3, 0.4) is 0 Å². The molecule has 204 valence electrons. The normalized spacial score (nSPS) is 15.0. The monoisotopic (exact) mass is 545 g/mol. The Morgan fingerprint density at radius 2 is 1.72 bits per heavy atom. The first-order valence-corrected chi connectivity index (χ1v) is 12.1. The number of alkyl halides is 3. The molecule has 13 heteroatoms. The van der Waals surface area contributed by atoms with Crippen LogP contribution >= 0.6 is 0 Å². The zero-order valence-electron chi connectivity index (χ0n) is 20.7. The minimum atomic E-state index is -4.73. The van der Waals surface area contributed by atoms with E-state index in [1.807, 2.05) is 11.4 Å². The van der Waals surface area contributed by atoms with Gasteiger partial charge in [0, 0.05) is 17.2 Å². The smallest absolute Gasteiger partial charge is 0.382 e. The molecule has 0 unspecified atom stereocenters. The van der Waals surface area contributed by atoms with Crippen molar-refractivity contribution in [3.63, 3.8) is 0 Å². The Bertz CT molecular complexity index is 1540. The SMILES string of the molecule is CN1CCC(c2cc(-c3ccc(NC(=O)Nc4cc(C(F)(F)F)ccc4F)c(F)c3)c3c(N)ncnn23)CC1. The van der Waals surface area contributed by atoms with Gasteiger partial charge in [-0.1, -0.05) is 6.07 Å². The quantitative estimate of drug-likeness (QED) is 0.285. The van der Waals surface area contributed by atoms with Crippen molar-refractivity contribution in [2.24, 2.45) is 0 Å². The fourth-order valence-electron chi connectivity index (χ4n) is 4.76. The summed E-state index contributed by atoms with van der Waals surface area (Å²) < 4.78 is 69.6. The number of amides is 2. The van der Waals surface area contributed by atoms with Crippen molar-refractivity contribution in [1.29, 1.82) is 0 Å². The first-order chi connectivity index (χ1) is 18.5. The molecule has 0 radical (unpaired) electrons. The molecular formula is C26H24F5N7O. The van der Waals surface area contributed by atoms with Crippen molar-refractivity contribution in [2.75, 3.05) is 36.5 Å². The third-order valence-corrected chi connectivity index (χ3v) is 6.82. The van der Waals surface area contributed by atoms with Crippen LogP contribution in [0.2, 0.25) is 0 Å². The molecule has 2 aromatic heterocycles. The number of aromatic nitrogens is 3. The number of nitrogens with zero attached hydrogens (tertiary/aromatic N) is 4. The maximum Gasteiger partial charge on any atom is 0.416 e. The molecule has 8 nitrogen and oxygen atoms in total. The summed E-state index contributed by atoms with van der Waals surface area (Å²) in [6.07, 6.45) is -1.52. The van der Waals surface area contributed by atoms with Crippen LogP contribution in [0.5, 0.6) is 0 Å². The number of anilines is 3. The van der Waals surface area contributed by atoms with E-state index in [1.54, 1.807) is 10.6 Å². The Morgan fingerprint density at radius 3 is 2.41 bits per heavy atom. The Labute approximate surface area is 219 Å². The van der Waals surface area contributed by atoms with Crippen LogP contribution in [0.4, 0.5) is 43.9 Å². The van der Waals surface area contributed by atoms with Crippen LogP contribution in [0.1, 0.15) is 30.0 Å². The number of halogens is 5. The maximum absolute atomic E-state index is 15.1. The summed E-state index contributed by atoms with van der Waals surface area (Å²) in [5.74, 6) is -1.44. The van der Waals surface area contributed by atoms with Crippen molar-refractivity contribution in [2.45, 2.75) is 24.9 Å². The van der Waals surface area contributed by atoms with E-state index in [0.717, 1.165) is 31.6 Å². The highest BCUT2D eigenvalue weighted by Gasteiger charge is 2.31. The second-order valence-electron chi connectivity index (χ2n) is 9.43. The predicted octanol–water partition coefficient (Wildman–Crippen LogP) is 5.73. The third-order valence-electron chi connectivity index (χ3n) is 6.82. The number of likely N-dealkylation sites (tertiary alicyclic amines) is 1. The molecule has 0 atom stereocenters. The van der Waals surface area contributed by atoms with Crippen molar-refractivity contribution in [3.05, 3.63) is 71.7 Å². The second kappa shape index (κ2) is 10.1. The van der Waals surface area contributed by atoms with Crippen LogP contribution in [0.15, 0.2) is 48.8 Å². The Kier molecular flexibility index (Phi) is 6.85. The molecule has 3 heterocycles. The van der Waals surface area contributed by atoms with Crippen LogP contribution in [0, 0.1) is 11.6 Å². The molecule has 39 heavy (non-hydrogen) atoms. The lowest BCUT2D eigenvalue weighted by Gasteiger charge is -2.28. The van der Waals surface area contributed by atoms with Crippen LogP contribution in [-0.2, 0) is 6.18 Å². The van der Waals surface area contributed by atoms with Crippen LogP contribution < -0.4 is 16.4 Å². The lowest BCUT2D eigenvalue weighted by molar-refractivity contribution is -0.137. The van der Waals surface area contributed by atoms with Gasteiger partial charge in [0.05, 0.1) is 16.9 Å². The maximum atomic E-state index is 15.1. The zero-order chi connectivity index (χ0) is 27.9. The number of piperidine rings is 1. The number of nitrogens with one attached hydrogen (secondary N) is 2. The molecule has 1 aliphatic rings. The molecule has 0 aliphatic carbocycles. The topological polar surface area (TPSA) is 101 Å². The summed E-state index contributed by atoms with van der Waals surface area (Å²) in [5.41, 5.74) is 6.62. The fourth-order valence-corrected chi connectivity index (χ4v) is 4.76. The van der Waals surface area contributed by atoms with E-state index < -0.39 is 35.1 Å². The zero-order valence-corrected chi connectivity index (χ0v) is 20.7. The van der Waals surface area contributed by atoms with Crippen LogP contribution in [0.25, 0.3) is 16.6 Å². The van der Waals surface area contributed by atoms with E-state index >= 15 is 4.39 Å². The number of benzene rings is 2. The average Bonchev–Trinajstić information content (AvgIpc) is 3.27. The minimum absolute atomic E-state index is 0.225. The van der Waals surface area contributed by atoms with Gasteiger partial charge >= 0.3 is 12.2 Å². The summed E-state index contributed by atoms with van der Waals surface area (Å²) in [6, 6.07) is 6.46. The molecule has 4 aromatic rings. The highest BCUT2D eigenvalue weighted by molar-refractivity contribution is 6.00. The van der Waals surface area contributed by atoms with E-state index in [-0.39, 0.29) is 17.4 Å². The highest BCUT2D eigenvalue weighted by atomic mass is 19.4. The Balaban J connectivity index is 1.40. The highest BCUT2D eigenvalue weighted by Crippen LogP contribution is 2.37. The first-order valence-electron chi connectivity index (χ1n) is 12.1. The van der Waals surface area contributed by atoms with Gasteiger partial charge in [0.2, 0.25) is 0 Å². The summed E-state index contributed by atoms with van der Waals surface area (Å²) in [4.78, 5) is 18.7. The van der Waals surface area contributed by atoms with Crippen molar-refractivity contribution in [3.8, 4) is 11.1 Å². The molecule has 5 rings (SSSR count). The third kappa shape index (κ3) is 5.35. The number of nitrogen functional groups attached to an aromatic ring is 1. The molecule has 0 spiro atoms. The lowest BCUT2D eigenvalue weighted by atomic mass is 9.93. The van der Waals surface area contributed by atoms with Gasteiger partial charge in [0.15, 0.2) is 5.82 Å². The summed E-state index contributed by atoms with van der Waals surface area (Å²) >= 11 is 0. The van der Waals surface area contributed by atoms with Gasteiger partial charge in [-0.3, -0.25) is 0 Å². The van der Waals surface area contributed by atoms with Crippen molar-refractivity contribution >= 4 is 28.7 Å². The van der Waals surface area contributed by atoms with Gasteiger partial charge < -0.3 is 21.3 Å². The van der Waals surface area contributed by atoms with E-state index in [9.17, 15) is 22.4 Å². The average molecular weight is 546 g/mol. The minimum Gasteiger partial charge on any atom is -0.382 e.